The average molecular weight is 406 g/mol. The van der Waals surface area contributed by atoms with Gasteiger partial charge in [0.25, 0.3) is 5.91 Å². The van der Waals surface area contributed by atoms with Crippen LogP contribution in [0.3, 0.4) is 0 Å². The molecule has 0 unspecified atom stereocenters. The summed E-state index contributed by atoms with van der Waals surface area (Å²) in [6.07, 6.45) is 4.70. The van der Waals surface area contributed by atoms with Crippen molar-refractivity contribution in [3.05, 3.63) is 12.4 Å². The second-order valence-electron chi connectivity index (χ2n) is 8.69. The minimum Gasteiger partial charge on any atom is -0.399 e. The van der Waals surface area contributed by atoms with Gasteiger partial charge >= 0.3 is 7.12 Å². The lowest BCUT2D eigenvalue weighted by molar-refractivity contribution is -0.145. The van der Waals surface area contributed by atoms with Gasteiger partial charge in [0.05, 0.1) is 17.8 Å². The van der Waals surface area contributed by atoms with E-state index in [0.717, 1.165) is 24.7 Å². The van der Waals surface area contributed by atoms with Crippen LogP contribution in [0.2, 0.25) is 0 Å². The van der Waals surface area contributed by atoms with E-state index in [1.54, 1.807) is 17.3 Å². The van der Waals surface area contributed by atoms with Crippen LogP contribution in [0.4, 0.5) is 5.95 Å². The number of hydrogen-bond donors (Lipinski definition) is 3. The highest BCUT2D eigenvalue weighted by Gasteiger charge is 2.52. The van der Waals surface area contributed by atoms with E-state index in [1.165, 1.54) is 0 Å². The standard InChI is InChI=1S/C19H31BN4O5/c1-18(2)19(3,4)29-20(28-18)13-9-21-17(22-10-13)23-11-14-7-5-6-8-24(14)16(27)15(26)12-25/h9-10,14-15,25-26H,5-8,11-12H2,1-4H3,(H,21,22,23)/t14-,15+/m1/s1. The van der Waals surface area contributed by atoms with Crippen LogP contribution < -0.4 is 10.8 Å². The number of aliphatic hydroxyl groups is 2. The predicted molar refractivity (Wildman–Crippen MR) is 109 cm³/mol. The summed E-state index contributed by atoms with van der Waals surface area (Å²) in [7, 11) is -0.513. The minimum absolute atomic E-state index is 0.0798. The third kappa shape index (κ3) is 4.71. The molecule has 2 fully saturated rings. The highest BCUT2D eigenvalue weighted by Crippen LogP contribution is 2.36. The van der Waals surface area contributed by atoms with Gasteiger partial charge in [0.15, 0.2) is 6.10 Å². The van der Waals surface area contributed by atoms with Crippen molar-refractivity contribution in [3.8, 4) is 0 Å². The summed E-state index contributed by atoms with van der Waals surface area (Å²) in [6.45, 7) is 8.45. The Labute approximate surface area is 172 Å². The number of rotatable bonds is 6. The first-order valence-electron chi connectivity index (χ1n) is 10.2. The Morgan fingerprint density at radius 3 is 2.48 bits per heavy atom. The maximum Gasteiger partial charge on any atom is 0.498 e. The van der Waals surface area contributed by atoms with Gasteiger partial charge in [-0.05, 0) is 47.0 Å². The van der Waals surface area contributed by atoms with Crippen LogP contribution in [0.25, 0.3) is 0 Å². The number of nitrogens with zero attached hydrogens (tertiary/aromatic N) is 3. The van der Waals surface area contributed by atoms with Crippen LogP contribution in [-0.4, -0.2) is 81.2 Å². The lowest BCUT2D eigenvalue weighted by atomic mass is 9.81. The zero-order valence-corrected chi connectivity index (χ0v) is 17.6. The Balaban J connectivity index is 1.59. The fraction of sp³-hybridized carbons (Fsp3) is 0.737. The van der Waals surface area contributed by atoms with Gasteiger partial charge in [-0.25, -0.2) is 9.97 Å². The molecule has 1 amide bonds. The van der Waals surface area contributed by atoms with Gasteiger partial charge in [-0.3, -0.25) is 4.79 Å². The zero-order valence-electron chi connectivity index (χ0n) is 17.6. The van der Waals surface area contributed by atoms with Gasteiger partial charge in [-0.1, -0.05) is 0 Å². The molecule has 2 atom stereocenters. The number of piperidine rings is 1. The number of carbonyl (C=O) groups is 1. The van der Waals surface area contributed by atoms with Crippen LogP contribution in [0.15, 0.2) is 12.4 Å². The van der Waals surface area contributed by atoms with Crippen molar-refractivity contribution in [2.45, 2.75) is 70.3 Å². The van der Waals surface area contributed by atoms with Crippen LogP contribution in [0.5, 0.6) is 0 Å². The topological polar surface area (TPSA) is 117 Å². The molecule has 3 rings (SSSR count). The summed E-state index contributed by atoms with van der Waals surface area (Å²) in [5, 5.41) is 21.9. The van der Waals surface area contributed by atoms with Gasteiger partial charge in [0, 0.05) is 37.0 Å². The molecule has 2 aliphatic rings. The van der Waals surface area contributed by atoms with E-state index >= 15 is 0 Å². The Morgan fingerprint density at radius 2 is 1.90 bits per heavy atom. The summed E-state index contributed by atoms with van der Waals surface area (Å²) >= 11 is 0. The van der Waals surface area contributed by atoms with E-state index in [0.29, 0.717) is 19.0 Å². The van der Waals surface area contributed by atoms with Gasteiger partial charge in [0.1, 0.15) is 0 Å². The van der Waals surface area contributed by atoms with Crippen LogP contribution in [0, 0.1) is 0 Å². The van der Waals surface area contributed by atoms with Crippen molar-refractivity contribution < 1.29 is 24.3 Å². The third-order valence-corrected chi connectivity index (χ3v) is 6.06. The summed E-state index contributed by atoms with van der Waals surface area (Å²) < 4.78 is 12.0. The molecule has 3 N–H and O–H groups in total. The van der Waals surface area contributed by atoms with E-state index in [-0.39, 0.29) is 6.04 Å². The van der Waals surface area contributed by atoms with Crippen molar-refractivity contribution in [1.82, 2.24) is 14.9 Å². The Morgan fingerprint density at radius 1 is 1.28 bits per heavy atom. The Bertz CT molecular complexity index is 699. The molecule has 1 aromatic heterocycles. The smallest absolute Gasteiger partial charge is 0.399 e. The molecule has 0 spiro atoms. The number of aliphatic hydroxyl groups excluding tert-OH is 2. The summed E-state index contributed by atoms with van der Waals surface area (Å²) in [6, 6.07) is -0.0798. The maximum atomic E-state index is 12.3. The van der Waals surface area contributed by atoms with Gasteiger partial charge in [-0.15, -0.1) is 0 Å². The minimum atomic E-state index is -1.37. The highest BCUT2D eigenvalue weighted by molar-refractivity contribution is 6.61. The predicted octanol–water partition coefficient (Wildman–Crippen LogP) is -0.0780. The zero-order chi connectivity index (χ0) is 21.2. The van der Waals surface area contributed by atoms with Gasteiger partial charge in [-0.2, -0.15) is 0 Å². The molecule has 0 radical (unpaired) electrons. The molecule has 2 aliphatic heterocycles. The van der Waals surface area contributed by atoms with Crippen molar-refractivity contribution in [2.24, 2.45) is 0 Å². The number of carbonyl (C=O) groups excluding carboxylic acids is 1. The van der Waals surface area contributed by atoms with Crippen LogP contribution in [0.1, 0.15) is 47.0 Å². The average Bonchev–Trinajstić information content (AvgIpc) is 2.93. The van der Waals surface area contributed by atoms with E-state index in [2.05, 4.69) is 15.3 Å². The van der Waals surface area contributed by atoms with E-state index in [9.17, 15) is 9.90 Å². The van der Waals surface area contributed by atoms with E-state index in [1.807, 2.05) is 27.7 Å². The highest BCUT2D eigenvalue weighted by atomic mass is 16.7. The molecule has 9 nitrogen and oxygen atoms in total. The lowest BCUT2D eigenvalue weighted by Gasteiger charge is -2.36. The fourth-order valence-electron chi connectivity index (χ4n) is 3.51. The lowest BCUT2D eigenvalue weighted by Crippen LogP contribution is -2.51. The van der Waals surface area contributed by atoms with Crippen LogP contribution >= 0.6 is 0 Å². The third-order valence-electron chi connectivity index (χ3n) is 6.06. The number of nitrogens with one attached hydrogen (secondary N) is 1. The molecule has 160 valence electrons. The number of anilines is 1. The summed E-state index contributed by atoms with van der Waals surface area (Å²) in [5.74, 6) is 0.0157. The van der Waals surface area contributed by atoms with Crippen molar-refractivity contribution in [1.29, 1.82) is 0 Å². The quantitative estimate of drug-likeness (QED) is 0.562. The SMILES string of the molecule is CC1(C)OB(c2cnc(NC[C@H]3CCCCN3C(=O)[C@@H](O)CO)nc2)OC1(C)C. The van der Waals surface area contributed by atoms with E-state index < -0.39 is 36.9 Å². The summed E-state index contributed by atoms with van der Waals surface area (Å²) in [4.78, 5) is 22.6. The van der Waals surface area contributed by atoms with Crippen molar-refractivity contribution >= 4 is 24.4 Å². The van der Waals surface area contributed by atoms with Crippen molar-refractivity contribution in [2.75, 3.05) is 25.0 Å². The summed E-state index contributed by atoms with van der Waals surface area (Å²) in [5.41, 5.74) is -0.107. The molecule has 3 heterocycles. The largest absolute Gasteiger partial charge is 0.498 e. The molecule has 0 saturated carbocycles. The Hall–Kier alpha value is -1.75. The molecular formula is C19H31BN4O5. The Kier molecular flexibility index (Phi) is 6.47. The molecule has 1 aromatic rings. The number of likely N-dealkylation sites (tertiary alicyclic amines) is 1. The molecule has 0 bridgehead atoms. The first kappa shape index (κ1) is 22.0. The second-order valence-corrected chi connectivity index (χ2v) is 8.69. The molecule has 0 aliphatic carbocycles. The maximum absolute atomic E-state index is 12.3. The first-order valence-corrected chi connectivity index (χ1v) is 10.2. The van der Waals surface area contributed by atoms with Crippen LogP contribution in [-0.2, 0) is 14.1 Å². The van der Waals surface area contributed by atoms with E-state index in [4.69, 9.17) is 14.4 Å². The molecule has 10 heteroatoms. The number of amides is 1. The van der Waals surface area contributed by atoms with Crippen molar-refractivity contribution in [3.63, 3.8) is 0 Å². The molecular weight excluding hydrogens is 375 g/mol. The fourth-order valence-corrected chi connectivity index (χ4v) is 3.51. The van der Waals surface area contributed by atoms with Gasteiger partial charge in [0.2, 0.25) is 5.95 Å². The normalized spacial score (nSPS) is 24.4. The molecule has 0 aromatic carbocycles. The first-order chi connectivity index (χ1) is 13.6. The number of aromatic nitrogens is 2. The monoisotopic (exact) mass is 406 g/mol. The molecule has 2 saturated heterocycles. The second kappa shape index (κ2) is 8.55. The number of hydrogen-bond acceptors (Lipinski definition) is 8. The van der Waals surface area contributed by atoms with Gasteiger partial charge < -0.3 is 29.7 Å². The molecule has 29 heavy (non-hydrogen) atoms.